The number of benzene rings is 1. The molecule has 1 aromatic heterocycles. The van der Waals surface area contributed by atoms with Gasteiger partial charge in [-0.3, -0.25) is 9.36 Å². The predicted molar refractivity (Wildman–Crippen MR) is 105 cm³/mol. The summed E-state index contributed by atoms with van der Waals surface area (Å²) in [5.74, 6) is 3.54. The molecule has 1 atom stereocenters. The van der Waals surface area contributed by atoms with Crippen molar-refractivity contribution in [2.24, 2.45) is 5.92 Å². The molecule has 0 radical (unpaired) electrons. The lowest BCUT2D eigenvalue weighted by Crippen LogP contribution is -2.59. The van der Waals surface area contributed by atoms with Crippen LogP contribution in [-0.4, -0.2) is 28.9 Å². The molecule has 32 heavy (non-hydrogen) atoms. The first-order valence-corrected chi connectivity index (χ1v) is 9.69. The summed E-state index contributed by atoms with van der Waals surface area (Å²) in [6.07, 6.45) is -2.44. The second-order valence-electron chi connectivity index (χ2n) is 7.64. The number of ether oxygens (including phenoxy) is 1. The highest BCUT2D eigenvalue weighted by Gasteiger charge is 2.59. The van der Waals surface area contributed by atoms with Crippen molar-refractivity contribution < 1.29 is 27.1 Å². The molecule has 7 nitrogen and oxygen atoms in total. The van der Waals surface area contributed by atoms with Gasteiger partial charge in [0.05, 0.1) is 25.2 Å². The highest BCUT2D eigenvalue weighted by Crippen LogP contribution is 2.45. The summed E-state index contributed by atoms with van der Waals surface area (Å²) in [5, 5.41) is 4.12. The lowest BCUT2D eigenvalue weighted by atomic mass is 9.85. The van der Waals surface area contributed by atoms with Crippen molar-refractivity contribution in [3.63, 3.8) is 0 Å². The number of hydrogen-bond acceptors (Lipinski definition) is 4. The maximum absolute atomic E-state index is 14.9. The van der Waals surface area contributed by atoms with Gasteiger partial charge in [0.25, 0.3) is 5.56 Å². The van der Waals surface area contributed by atoms with Gasteiger partial charge in [0.1, 0.15) is 5.82 Å². The molecule has 168 valence electrons. The van der Waals surface area contributed by atoms with Gasteiger partial charge in [-0.1, -0.05) is 11.8 Å². The molecule has 2 heterocycles. The molecule has 4 rings (SSSR count). The fourth-order valence-corrected chi connectivity index (χ4v) is 3.37. The summed E-state index contributed by atoms with van der Waals surface area (Å²) in [6.45, 7) is -0.183. The Labute approximate surface area is 179 Å². The molecule has 0 saturated heterocycles. The molecule has 1 unspecified atom stereocenters. The largest absolute Gasteiger partial charge is 0.427 e. The van der Waals surface area contributed by atoms with Crippen LogP contribution in [0.15, 0.2) is 29.3 Å². The van der Waals surface area contributed by atoms with Gasteiger partial charge < -0.3 is 15.4 Å². The molecule has 2 amide bonds. The van der Waals surface area contributed by atoms with Crippen molar-refractivity contribution in [3.8, 4) is 11.8 Å². The molecular weight excluding hydrogens is 432 g/mol. The number of carbonyl (C=O) groups excluding carboxylic acids is 1. The lowest BCUT2D eigenvalue weighted by molar-refractivity contribution is -0.178. The Bertz CT molecular complexity index is 1190. The van der Waals surface area contributed by atoms with Crippen LogP contribution < -0.4 is 16.2 Å². The first-order valence-electron chi connectivity index (χ1n) is 9.69. The summed E-state index contributed by atoms with van der Waals surface area (Å²) < 4.78 is 63.3. The fourth-order valence-electron chi connectivity index (χ4n) is 3.37. The third-order valence-corrected chi connectivity index (χ3v) is 5.18. The van der Waals surface area contributed by atoms with Gasteiger partial charge in [0.2, 0.25) is 5.54 Å². The van der Waals surface area contributed by atoms with Crippen LogP contribution in [0.3, 0.4) is 0 Å². The summed E-state index contributed by atoms with van der Waals surface area (Å²) in [4.78, 5) is 28.4. The summed E-state index contributed by atoms with van der Waals surface area (Å²) in [5.41, 5.74) is -4.02. The summed E-state index contributed by atoms with van der Waals surface area (Å²) in [6, 6.07) is 1.88. The van der Waals surface area contributed by atoms with Crippen molar-refractivity contribution in [2.45, 2.75) is 37.7 Å². The first-order chi connectivity index (χ1) is 15.1. The van der Waals surface area contributed by atoms with Gasteiger partial charge in [-0.05, 0) is 25.0 Å². The molecular formula is C21H18F4N4O3. The second kappa shape index (κ2) is 7.94. The Morgan fingerprint density at radius 1 is 1.28 bits per heavy atom. The molecule has 0 spiro atoms. The van der Waals surface area contributed by atoms with E-state index in [1.807, 2.05) is 5.32 Å². The van der Waals surface area contributed by atoms with Crippen LogP contribution in [0.4, 0.5) is 28.0 Å². The monoisotopic (exact) mass is 450 g/mol. The quantitative estimate of drug-likeness (QED) is 0.554. The number of carbonyl (C=O) groups is 1. The highest BCUT2D eigenvalue weighted by atomic mass is 19.4. The molecule has 1 aromatic carbocycles. The van der Waals surface area contributed by atoms with E-state index in [-0.39, 0.29) is 30.3 Å². The van der Waals surface area contributed by atoms with Crippen LogP contribution in [0.2, 0.25) is 0 Å². The Balaban J connectivity index is 1.76. The van der Waals surface area contributed by atoms with E-state index in [0.717, 1.165) is 10.6 Å². The normalized spacial score (nSPS) is 20.0. The fraction of sp³-hybridized carbons (Fsp3) is 0.381. The summed E-state index contributed by atoms with van der Waals surface area (Å²) >= 11 is 0. The number of anilines is 1. The van der Waals surface area contributed by atoms with E-state index >= 15 is 0 Å². The van der Waals surface area contributed by atoms with E-state index in [2.05, 4.69) is 22.1 Å². The van der Waals surface area contributed by atoms with E-state index in [9.17, 15) is 27.2 Å². The number of urea groups is 1. The van der Waals surface area contributed by atoms with Gasteiger partial charge in [-0.2, -0.15) is 13.2 Å². The zero-order chi connectivity index (χ0) is 23.1. The number of aromatic nitrogens is 2. The Morgan fingerprint density at radius 3 is 2.66 bits per heavy atom. The topological polar surface area (TPSA) is 85.2 Å². The first kappa shape index (κ1) is 21.8. The van der Waals surface area contributed by atoms with Gasteiger partial charge in [0.15, 0.2) is 0 Å². The number of halogens is 4. The number of fused-ring (bicyclic) bond motifs is 1. The van der Waals surface area contributed by atoms with Gasteiger partial charge in [-0.15, -0.1) is 0 Å². The molecule has 11 heteroatoms. The molecule has 2 N–H and O–H groups in total. The zero-order valence-corrected chi connectivity index (χ0v) is 16.8. The molecule has 1 fully saturated rings. The maximum atomic E-state index is 14.9. The van der Waals surface area contributed by atoms with E-state index < -0.39 is 34.7 Å². The van der Waals surface area contributed by atoms with Crippen molar-refractivity contribution >= 4 is 11.7 Å². The molecule has 1 saturated carbocycles. The van der Waals surface area contributed by atoms with Crippen molar-refractivity contribution in [1.82, 2.24) is 14.9 Å². The Kier molecular flexibility index (Phi) is 5.42. The van der Waals surface area contributed by atoms with E-state index in [0.29, 0.717) is 24.6 Å². The van der Waals surface area contributed by atoms with Crippen molar-refractivity contribution in [1.29, 1.82) is 0 Å². The second-order valence-corrected chi connectivity index (χ2v) is 7.64. The lowest BCUT2D eigenvalue weighted by Gasteiger charge is -2.37. The van der Waals surface area contributed by atoms with E-state index in [1.165, 1.54) is 19.5 Å². The number of nitrogens with zero attached hydrogens (tertiary/aromatic N) is 2. The third kappa shape index (κ3) is 4.05. The number of nitrogens with one attached hydrogen (secondary N) is 2. The maximum Gasteiger partial charge on any atom is 0.427 e. The molecule has 2 aliphatic rings. The van der Waals surface area contributed by atoms with Crippen LogP contribution in [0, 0.1) is 23.6 Å². The molecule has 1 aliphatic heterocycles. The number of amides is 2. The third-order valence-electron chi connectivity index (χ3n) is 5.18. The average Bonchev–Trinajstić information content (AvgIpc) is 3.53. The standard InChI is InChI=1S/C21H18F4N4O3/c1-32-10-14-7-18(30)29(11-26-14)9-13-6-17-15(8-16(13)22)20(21(23,24)25,28-19(31)27-17)5-4-12-2-3-12/h6-8,11-12H,2-3,9-10H2,1H3,(H2,27,28,31). The average molecular weight is 450 g/mol. The van der Waals surface area contributed by atoms with Crippen LogP contribution in [0.25, 0.3) is 0 Å². The highest BCUT2D eigenvalue weighted by molar-refractivity contribution is 5.95. The minimum absolute atomic E-state index is 0.0967. The van der Waals surface area contributed by atoms with Gasteiger partial charge >= 0.3 is 12.2 Å². The Hall–Kier alpha value is -3.39. The number of alkyl halides is 3. The molecule has 1 aliphatic carbocycles. The number of methoxy groups -OCH3 is 1. The minimum Gasteiger partial charge on any atom is -0.378 e. The van der Waals surface area contributed by atoms with Crippen LogP contribution in [0.5, 0.6) is 0 Å². The van der Waals surface area contributed by atoms with Crippen molar-refractivity contribution in [3.05, 3.63) is 57.5 Å². The molecule has 2 aromatic rings. The van der Waals surface area contributed by atoms with Crippen LogP contribution >= 0.6 is 0 Å². The minimum atomic E-state index is -4.99. The van der Waals surface area contributed by atoms with Crippen molar-refractivity contribution in [2.75, 3.05) is 12.4 Å². The van der Waals surface area contributed by atoms with E-state index in [4.69, 9.17) is 4.74 Å². The number of rotatable bonds is 4. The Morgan fingerprint density at radius 2 is 2.03 bits per heavy atom. The summed E-state index contributed by atoms with van der Waals surface area (Å²) in [7, 11) is 1.44. The molecule has 0 bridgehead atoms. The predicted octanol–water partition coefficient (Wildman–Crippen LogP) is 2.88. The van der Waals surface area contributed by atoms with Gasteiger partial charge in [-0.25, -0.2) is 14.2 Å². The smallest absolute Gasteiger partial charge is 0.378 e. The SMILES string of the molecule is COCc1cc(=O)n(Cc2cc3c(cc2F)C(C#CC2CC2)(C(F)(F)F)NC(=O)N3)cn1. The zero-order valence-electron chi connectivity index (χ0n) is 16.8. The van der Waals surface area contributed by atoms with Gasteiger partial charge in [0, 0.05) is 35.9 Å². The van der Waals surface area contributed by atoms with E-state index in [1.54, 1.807) is 0 Å². The number of hydrogen-bond donors (Lipinski definition) is 2. The van der Waals surface area contributed by atoms with Crippen LogP contribution in [0.1, 0.15) is 29.7 Å². The van der Waals surface area contributed by atoms with Crippen LogP contribution in [-0.2, 0) is 23.4 Å².